The fourth-order valence-corrected chi connectivity index (χ4v) is 3.04. The van der Waals surface area contributed by atoms with Crippen LogP contribution >= 0.6 is 11.6 Å². The number of rotatable bonds is 0. The van der Waals surface area contributed by atoms with Gasteiger partial charge in [-0.15, -0.1) is 0 Å². The molecule has 2 heteroatoms. The molecule has 2 rings (SSSR count). The van der Waals surface area contributed by atoms with E-state index in [0.717, 1.165) is 24.5 Å². The van der Waals surface area contributed by atoms with Crippen LogP contribution in [0.25, 0.3) is 0 Å². The van der Waals surface area contributed by atoms with Gasteiger partial charge in [-0.25, -0.2) is 0 Å². The molecule has 0 saturated heterocycles. The van der Waals surface area contributed by atoms with E-state index in [0.29, 0.717) is 0 Å². The fourth-order valence-electron chi connectivity index (χ4n) is 2.58. The first-order valence-electron chi connectivity index (χ1n) is 5.89. The molecule has 0 unspecified atom stereocenters. The van der Waals surface area contributed by atoms with E-state index in [-0.39, 0.29) is 5.41 Å². The molecular weight excluding hydrogens is 218 g/mol. The highest BCUT2D eigenvalue weighted by Crippen LogP contribution is 2.36. The molecule has 0 saturated carbocycles. The van der Waals surface area contributed by atoms with Crippen LogP contribution in [0.1, 0.15) is 37.5 Å². The van der Waals surface area contributed by atoms with Crippen LogP contribution in [0, 0.1) is 0 Å². The summed E-state index contributed by atoms with van der Waals surface area (Å²) in [5, 5.41) is 0.927. The van der Waals surface area contributed by atoms with Gasteiger partial charge in [0.15, 0.2) is 0 Å². The Labute approximate surface area is 103 Å². The third-order valence-electron chi connectivity index (χ3n) is 3.29. The van der Waals surface area contributed by atoms with Crippen LogP contribution in [-0.4, -0.2) is 18.5 Å². The maximum absolute atomic E-state index is 6.37. The lowest BCUT2D eigenvalue weighted by atomic mass is 9.80. The standard InChI is InChI=1S/C14H20ClN/c1-14(2,3)13-11-7-8-16(4)9-10(11)5-6-12(13)15/h5-6H,7-9H2,1-4H3. The van der Waals surface area contributed by atoms with Gasteiger partial charge in [0.2, 0.25) is 0 Å². The summed E-state index contributed by atoms with van der Waals surface area (Å²) in [5.74, 6) is 0. The van der Waals surface area contributed by atoms with E-state index in [4.69, 9.17) is 11.6 Å². The molecule has 0 bridgehead atoms. The van der Waals surface area contributed by atoms with Gasteiger partial charge in [-0.1, -0.05) is 38.4 Å². The predicted octanol–water partition coefficient (Wildman–Crippen LogP) is 3.63. The summed E-state index contributed by atoms with van der Waals surface area (Å²) >= 11 is 6.37. The first-order valence-corrected chi connectivity index (χ1v) is 6.26. The number of hydrogen-bond donors (Lipinski definition) is 0. The van der Waals surface area contributed by atoms with Gasteiger partial charge in [-0.2, -0.15) is 0 Å². The van der Waals surface area contributed by atoms with Crippen molar-refractivity contribution in [1.82, 2.24) is 4.90 Å². The van der Waals surface area contributed by atoms with Crippen LogP contribution in [0.5, 0.6) is 0 Å². The van der Waals surface area contributed by atoms with Crippen molar-refractivity contribution in [2.75, 3.05) is 13.6 Å². The molecule has 1 aromatic carbocycles. The minimum atomic E-state index is 0.137. The summed E-state index contributed by atoms with van der Waals surface area (Å²) in [6, 6.07) is 4.24. The smallest absolute Gasteiger partial charge is 0.0446 e. The van der Waals surface area contributed by atoms with Gasteiger partial charge < -0.3 is 4.90 Å². The van der Waals surface area contributed by atoms with Crippen molar-refractivity contribution < 1.29 is 0 Å². The Morgan fingerprint density at radius 3 is 2.56 bits per heavy atom. The molecule has 0 atom stereocenters. The third kappa shape index (κ3) is 2.11. The summed E-state index contributed by atoms with van der Waals surface area (Å²) < 4.78 is 0. The number of likely N-dealkylation sites (N-methyl/N-ethyl adjacent to an activating group) is 1. The average Bonchev–Trinajstić information content (AvgIpc) is 2.16. The molecule has 0 aliphatic carbocycles. The number of halogens is 1. The minimum absolute atomic E-state index is 0.137. The Morgan fingerprint density at radius 1 is 1.25 bits per heavy atom. The molecule has 0 radical (unpaired) electrons. The summed E-state index contributed by atoms with van der Waals surface area (Å²) in [7, 11) is 2.17. The molecule has 88 valence electrons. The van der Waals surface area contributed by atoms with E-state index >= 15 is 0 Å². The molecule has 0 amide bonds. The first-order chi connectivity index (χ1) is 7.39. The van der Waals surface area contributed by atoms with Crippen molar-refractivity contribution in [2.24, 2.45) is 0 Å². The second kappa shape index (κ2) is 4.05. The minimum Gasteiger partial charge on any atom is -0.302 e. The van der Waals surface area contributed by atoms with E-state index in [1.54, 1.807) is 0 Å². The lowest BCUT2D eigenvalue weighted by Gasteiger charge is -2.32. The van der Waals surface area contributed by atoms with Gasteiger partial charge in [0.05, 0.1) is 0 Å². The zero-order valence-corrected chi connectivity index (χ0v) is 11.4. The van der Waals surface area contributed by atoms with Gasteiger partial charge in [-0.3, -0.25) is 0 Å². The third-order valence-corrected chi connectivity index (χ3v) is 3.61. The fraction of sp³-hybridized carbons (Fsp3) is 0.571. The van der Waals surface area contributed by atoms with Crippen LogP contribution in [0.4, 0.5) is 0 Å². The van der Waals surface area contributed by atoms with E-state index < -0.39 is 0 Å². The van der Waals surface area contributed by atoms with Gasteiger partial charge in [0.1, 0.15) is 0 Å². The van der Waals surface area contributed by atoms with Gasteiger partial charge in [0.25, 0.3) is 0 Å². The first kappa shape index (κ1) is 11.9. The summed E-state index contributed by atoms with van der Waals surface area (Å²) in [6.45, 7) is 8.92. The Hall–Kier alpha value is -0.530. The van der Waals surface area contributed by atoms with Gasteiger partial charge >= 0.3 is 0 Å². The molecule has 0 fully saturated rings. The molecule has 1 aromatic rings. The van der Waals surface area contributed by atoms with Crippen molar-refractivity contribution in [2.45, 2.75) is 39.2 Å². The number of fused-ring (bicyclic) bond motifs is 1. The van der Waals surface area contributed by atoms with Crippen LogP contribution in [0.3, 0.4) is 0 Å². The van der Waals surface area contributed by atoms with E-state index in [9.17, 15) is 0 Å². The van der Waals surface area contributed by atoms with Crippen molar-refractivity contribution >= 4 is 11.6 Å². The SMILES string of the molecule is CN1CCc2c(ccc(Cl)c2C(C)(C)C)C1. The molecule has 0 spiro atoms. The van der Waals surface area contributed by atoms with Crippen molar-refractivity contribution in [3.8, 4) is 0 Å². The van der Waals surface area contributed by atoms with Crippen LogP contribution in [0.15, 0.2) is 12.1 Å². The average molecular weight is 238 g/mol. The van der Waals surface area contributed by atoms with Crippen molar-refractivity contribution in [1.29, 1.82) is 0 Å². The molecule has 1 heterocycles. The highest BCUT2D eigenvalue weighted by atomic mass is 35.5. The highest BCUT2D eigenvalue weighted by Gasteiger charge is 2.25. The van der Waals surface area contributed by atoms with E-state index in [2.05, 4.69) is 44.9 Å². The molecule has 0 aromatic heterocycles. The van der Waals surface area contributed by atoms with Crippen molar-refractivity contribution in [3.63, 3.8) is 0 Å². The zero-order chi connectivity index (χ0) is 11.9. The number of benzene rings is 1. The second-order valence-corrected chi connectivity index (χ2v) is 6.21. The topological polar surface area (TPSA) is 3.24 Å². The quantitative estimate of drug-likeness (QED) is 0.666. The van der Waals surface area contributed by atoms with Crippen molar-refractivity contribution in [3.05, 3.63) is 33.8 Å². The molecule has 16 heavy (non-hydrogen) atoms. The highest BCUT2D eigenvalue weighted by molar-refractivity contribution is 6.31. The maximum atomic E-state index is 6.37. The second-order valence-electron chi connectivity index (χ2n) is 5.80. The van der Waals surface area contributed by atoms with E-state index in [1.165, 1.54) is 16.7 Å². The Bertz CT molecular complexity index is 404. The summed E-state index contributed by atoms with van der Waals surface area (Å²) in [5.41, 5.74) is 4.42. The van der Waals surface area contributed by atoms with Crippen LogP contribution in [-0.2, 0) is 18.4 Å². The van der Waals surface area contributed by atoms with Crippen LogP contribution in [0.2, 0.25) is 5.02 Å². The maximum Gasteiger partial charge on any atom is 0.0446 e. The molecule has 1 aliphatic heterocycles. The lowest BCUT2D eigenvalue weighted by molar-refractivity contribution is 0.311. The molecule has 1 aliphatic rings. The van der Waals surface area contributed by atoms with Gasteiger partial charge in [0, 0.05) is 18.1 Å². The Morgan fingerprint density at radius 2 is 1.94 bits per heavy atom. The number of nitrogens with zero attached hydrogens (tertiary/aromatic N) is 1. The predicted molar refractivity (Wildman–Crippen MR) is 70.2 cm³/mol. The zero-order valence-electron chi connectivity index (χ0n) is 10.6. The van der Waals surface area contributed by atoms with Gasteiger partial charge in [-0.05, 0) is 41.6 Å². The lowest BCUT2D eigenvalue weighted by Crippen LogP contribution is -2.29. The molecule has 1 nitrogen and oxygen atoms in total. The largest absolute Gasteiger partial charge is 0.302 e. The normalized spacial score (nSPS) is 17.3. The Kier molecular flexibility index (Phi) is 3.02. The Balaban J connectivity index is 2.56. The number of hydrogen-bond acceptors (Lipinski definition) is 1. The summed E-state index contributed by atoms with van der Waals surface area (Å²) in [6.07, 6.45) is 1.12. The monoisotopic (exact) mass is 237 g/mol. The molecular formula is C14H20ClN. The molecule has 0 N–H and O–H groups in total. The van der Waals surface area contributed by atoms with Crippen LogP contribution < -0.4 is 0 Å². The van der Waals surface area contributed by atoms with E-state index in [1.807, 2.05) is 0 Å². The summed E-state index contributed by atoms with van der Waals surface area (Å²) in [4.78, 5) is 2.36.